The van der Waals surface area contributed by atoms with Gasteiger partial charge >= 0.3 is 0 Å². The van der Waals surface area contributed by atoms with Crippen molar-refractivity contribution in [2.45, 2.75) is 8.97 Å². The fourth-order valence-electron chi connectivity index (χ4n) is 1.63. The third kappa shape index (κ3) is 1.81. The van der Waals surface area contributed by atoms with Crippen LogP contribution in [0.4, 0.5) is 0 Å². The number of hydrogen-bond donors (Lipinski definition) is 2. The van der Waals surface area contributed by atoms with Gasteiger partial charge in [-0.15, -0.1) is 36.2 Å². The number of thiol groups is 1. The number of benzene rings is 1. The van der Waals surface area contributed by atoms with E-state index in [-0.39, 0.29) is 4.08 Å². The van der Waals surface area contributed by atoms with Gasteiger partial charge < -0.3 is 5.73 Å². The van der Waals surface area contributed by atoms with Gasteiger partial charge in [0.2, 0.25) is 0 Å². The van der Waals surface area contributed by atoms with Crippen LogP contribution in [0.3, 0.4) is 0 Å². The first kappa shape index (κ1) is 10.7. The first-order valence-electron chi connectivity index (χ1n) is 4.55. The second-order valence-corrected chi connectivity index (χ2v) is 6.70. The summed E-state index contributed by atoms with van der Waals surface area (Å²) in [4.78, 5) is 1.06. The molecular formula is C10H13NS3. The van der Waals surface area contributed by atoms with Crippen LogP contribution in [-0.4, -0.2) is 18.1 Å². The molecule has 76 valence electrons. The number of nitrogens with two attached hydrogens (primary N) is 1. The molecule has 14 heavy (non-hydrogen) atoms. The van der Waals surface area contributed by atoms with Crippen LogP contribution in [0, 0.1) is 0 Å². The Kier molecular flexibility index (Phi) is 3.37. The zero-order valence-corrected chi connectivity index (χ0v) is 10.3. The topological polar surface area (TPSA) is 26.0 Å². The second kappa shape index (κ2) is 4.39. The molecule has 0 atom stereocenters. The Balaban J connectivity index is 2.41. The highest BCUT2D eigenvalue weighted by Crippen LogP contribution is 2.52. The first-order chi connectivity index (χ1) is 6.78. The number of hydrogen-bond acceptors (Lipinski definition) is 4. The van der Waals surface area contributed by atoms with Crippen molar-refractivity contribution >= 4 is 36.2 Å². The summed E-state index contributed by atoms with van der Waals surface area (Å²) in [5.41, 5.74) is 7.17. The highest BCUT2D eigenvalue weighted by atomic mass is 32.2. The van der Waals surface area contributed by atoms with Gasteiger partial charge in [-0.2, -0.15) is 0 Å². The molecule has 1 aliphatic rings. The maximum atomic E-state index is 5.89. The molecule has 0 saturated carbocycles. The van der Waals surface area contributed by atoms with E-state index in [2.05, 4.69) is 24.8 Å². The zero-order chi connectivity index (χ0) is 10.0. The average Bonchev–Trinajstić information content (AvgIpc) is 2.68. The van der Waals surface area contributed by atoms with E-state index >= 15 is 0 Å². The lowest BCUT2D eigenvalue weighted by Crippen LogP contribution is -2.26. The minimum absolute atomic E-state index is 0.0539. The monoisotopic (exact) mass is 243 g/mol. The van der Waals surface area contributed by atoms with Gasteiger partial charge in [0.25, 0.3) is 0 Å². The molecule has 4 heteroatoms. The fraction of sp³-hybridized carbons (Fsp3) is 0.400. The molecule has 0 radical (unpaired) electrons. The Morgan fingerprint density at radius 3 is 2.50 bits per heavy atom. The maximum absolute atomic E-state index is 5.89. The lowest BCUT2D eigenvalue weighted by atomic mass is 10.1. The fourth-order valence-corrected chi connectivity index (χ4v) is 5.20. The van der Waals surface area contributed by atoms with E-state index in [9.17, 15) is 0 Å². The van der Waals surface area contributed by atoms with Crippen molar-refractivity contribution in [3.05, 3.63) is 29.8 Å². The number of rotatable bonds is 2. The highest BCUT2D eigenvalue weighted by molar-refractivity contribution is 8.20. The third-order valence-electron chi connectivity index (χ3n) is 2.34. The minimum Gasteiger partial charge on any atom is -0.328 e. The molecule has 0 bridgehead atoms. The summed E-state index contributed by atoms with van der Waals surface area (Å²) in [5, 5.41) is 0. The molecule has 1 aromatic rings. The largest absolute Gasteiger partial charge is 0.328 e. The van der Waals surface area contributed by atoms with E-state index < -0.39 is 0 Å². The summed E-state index contributed by atoms with van der Waals surface area (Å²) < 4.78 is 0.0539. The van der Waals surface area contributed by atoms with Crippen LogP contribution in [0.25, 0.3) is 0 Å². The van der Waals surface area contributed by atoms with Crippen LogP contribution in [0.2, 0.25) is 0 Å². The molecule has 0 spiro atoms. The summed E-state index contributed by atoms with van der Waals surface area (Å²) in [6.45, 7) is 0.680. The molecule has 0 aromatic heterocycles. The third-order valence-corrected chi connectivity index (χ3v) is 6.21. The van der Waals surface area contributed by atoms with Gasteiger partial charge in [-0.1, -0.05) is 18.2 Å². The Hall–Kier alpha value is 0.230. The Morgan fingerprint density at radius 1 is 1.29 bits per heavy atom. The standard InChI is InChI=1S/C10H13NS3/c11-7-10(13-5-6-14-10)8-3-1-2-4-9(8)12/h1-4,12H,5-7,11H2. The average molecular weight is 243 g/mol. The number of thioether (sulfide) groups is 2. The Bertz CT molecular complexity index is 321. The summed E-state index contributed by atoms with van der Waals surface area (Å²) in [5.74, 6) is 2.37. The van der Waals surface area contributed by atoms with Gasteiger partial charge in [-0.25, -0.2) is 0 Å². The van der Waals surface area contributed by atoms with Crippen LogP contribution in [-0.2, 0) is 4.08 Å². The van der Waals surface area contributed by atoms with E-state index in [0.717, 1.165) is 4.90 Å². The first-order valence-corrected chi connectivity index (χ1v) is 6.97. The van der Waals surface area contributed by atoms with Gasteiger partial charge in [-0.05, 0) is 11.6 Å². The van der Waals surface area contributed by atoms with Gasteiger partial charge in [0, 0.05) is 22.9 Å². The predicted molar refractivity (Wildman–Crippen MR) is 69.3 cm³/mol. The van der Waals surface area contributed by atoms with Crippen molar-refractivity contribution in [1.82, 2.24) is 0 Å². The maximum Gasteiger partial charge on any atom is 0.0992 e. The van der Waals surface area contributed by atoms with Gasteiger partial charge in [-0.3, -0.25) is 0 Å². The summed E-state index contributed by atoms with van der Waals surface area (Å²) in [6, 6.07) is 8.25. The summed E-state index contributed by atoms with van der Waals surface area (Å²) in [7, 11) is 0. The SMILES string of the molecule is NCC1(c2ccccc2S)SCCS1. The van der Waals surface area contributed by atoms with Crippen molar-refractivity contribution < 1.29 is 0 Å². The van der Waals surface area contributed by atoms with E-state index in [0.29, 0.717) is 6.54 Å². The quantitative estimate of drug-likeness (QED) is 0.781. The van der Waals surface area contributed by atoms with Crippen LogP contribution in [0.15, 0.2) is 29.2 Å². The van der Waals surface area contributed by atoms with E-state index in [1.807, 2.05) is 35.7 Å². The van der Waals surface area contributed by atoms with Gasteiger partial charge in [0.1, 0.15) is 0 Å². The molecular weight excluding hydrogens is 230 g/mol. The van der Waals surface area contributed by atoms with E-state index in [4.69, 9.17) is 5.73 Å². The molecule has 1 heterocycles. The van der Waals surface area contributed by atoms with Crippen LogP contribution in [0.5, 0.6) is 0 Å². The van der Waals surface area contributed by atoms with Crippen molar-refractivity contribution in [2.75, 3.05) is 18.1 Å². The van der Waals surface area contributed by atoms with Gasteiger partial charge in [0.15, 0.2) is 0 Å². The van der Waals surface area contributed by atoms with E-state index in [1.54, 1.807) is 0 Å². The molecule has 1 nitrogen and oxygen atoms in total. The molecule has 2 N–H and O–H groups in total. The normalized spacial score (nSPS) is 19.9. The van der Waals surface area contributed by atoms with Crippen LogP contribution >= 0.6 is 36.2 Å². The molecule has 2 rings (SSSR count). The lowest BCUT2D eigenvalue weighted by Gasteiger charge is -2.27. The summed E-state index contributed by atoms with van der Waals surface area (Å²) in [6.07, 6.45) is 0. The van der Waals surface area contributed by atoms with Crippen LogP contribution < -0.4 is 5.73 Å². The van der Waals surface area contributed by atoms with Gasteiger partial charge in [0.05, 0.1) is 4.08 Å². The molecule has 1 aliphatic heterocycles. The molecule has 1 saturated heterocycles. The second-order valence-electron chi connectivity index (χ2n) is 3.17. The Morgan fingerprint density at radius 2 is 1.93 bits per heavy atom. The molecule has 0 aliphatic carbocycles. The molecule has 1 aromatic carbocycles. The molecule has 0 unspecified atom stereocenters. The van der Waals surface area contributed by atoms with Crippen molar-refractivity contribution in [2.24, 2.45) is 5.73 Å². The predicted octanol–water partition coefficient (Wildman–Crippen LogP) is 2.57. The minimum atomic E-state index is 0.0539. The smallest absolute Gasteiger partial charge is 0.0992 e. The molecule has 1 fully saturated rings. The lowest BCUT2D eigenvalue weighted by molar-refractivity contribution is 0.865. The highest BCUT2D eigenvalue weighted by Gasteiger charge is 2.37. The van der Waals surface area contributed by atoms with Crippen molar-refractivity contribution in [1.29, 1.82) is 0 Å². The van der Waals surface area contributed by atoms with E-state index in [1.165, 1.54) is 17.1 Å². The summed E-state index contributed by atoms with van der Waals surface area (Å²) >= 11 is 8.39. The molecule has 0 amide bonds. The zero-order valence-electron chi connectivity index (χ0n) is 7.77. The van der Waals surface area contributed by atoms with Crippen molar-refractivity contribution in [3.8, 4) is 0 Å². The van der Waals surface area contributed by atoms with Crippen molar-refractivity contribution in [3.63, 3.8) is 0 Å². The van der Waals surface area contributed by atoms with Crippen LogP contribution in [0.1, 0.15) is 5.56 Å². The Labute approximate surface area is 98.6 Å².